The highest BCUT2D eigenvalue weighted by Gasteiger charge is 2.07. The van der Waals surface area contributed by atoms with Crippen molar-refractivity contribution in [3.05, 3.63) is 22.6 Å². The minimum Gasteiger partial charge on any atom is -0.389 e. The lowest BCUT2D eigenvalue weighted by atomic mass is 10.3. The minimum atomic E-state index is -0.681. The molecule has 0 fully saturated rings. The molecule has 1 atom stereocenters. The summed E-state index contributed by atoms with van der Waals surface area (Å²) in [5.41, 5.74) is 0. The first-order valence-electron chi connectivity index (χ1n) is 4.35. The molecule has 0 spiro atoms. The van der Waals surface area contributed by atoms with Crippen LogP contribution in [0.2, 0.25) is 0 Å². The number of aliphatic hydroxyl groups excluding tert-OH is 1. The van der Waals surface area contributed by atoms with Gasteiger partial charge in [-0.3, -0.25) is 0 Å². The van der Waals surface area contributed by atoms with Crippen LogP contribution in [0.3, 0.4) is 0 Å². The Morgan fingerprint density at radius 2 is 2.47 bits per heavy atom. The Labute approximate surface area is 95.6 Å². The Morgan fingerprint density at radius 3 is 3.07 bits per heavy atom. The molecule has 0 aliphatic heterocycles. The van der Waals surface area contributed by atoms with E-state index in [9.17, 15) is 9.50 Å². The fourth-order valence-corrected chi connectivity index (χ4v) is 1.31. The highest BCUT2D eigenvalue weighted by molar-refractivity contribution is 9.10. The van der Waals surface area contributed by atoms with Crippen molar-refractivity contribution in [3.63, 3.8) is 0 Å². The lowest BCUT2D eigenvalue weighted by Gasteiger charge is -2.11. The van der Waals surface area contributed by atoms with E-state index in [2.05, 4.69) is 26.2 Å². The first-order valence-corrected chi connectivity index (χ1v) is 5.14. The number of hydrogen-bond acceptors (Lipinski definition) is 4. The van der Waals surface area contributed by atoms with Crippen LogP contribution >= 0.6 is 15.9 Å². The van der Waals surface area contributed by atoms with E-state index >= 15 is 0 Å². The summed E-state index contributed by atoms with van der Waals surface area (Å²) in [7, 11) is 1.49. The van der Waals surface area contributed by atoms with Crippen molar-refractivity contribution in [1.82, 2.24) is 4.98 Å². The fraction of sp³-hybridized carbons (Fsp3) is 0.444. The van der Waals surface area contributed by atoms with E-state index in [1.807, 2.05) is 0 Å². The lowest BCUT2D eigenvalue weighted by Crippen LogP contribution is -2.24. The standard InChI is InChI=1S/C9H12BrFN2O2/c1-15-5-7(14)4-13-9-8(11)2-6(10)3-12-9/h2-3,7,14H,4-5H2,1H3,(H,12,13). The van der Waals surface area contributed by atoms with Gasteiger partial charge in [-0.25, -0.2) is 9.37 Å². The summed E-state index contributed by atoms with van der Waals surface area (Å²) in [6.45, 7) is 0.393. The molecule has 0 saturated carbocycles. The molecule has 0 radical (unpaired) electrons. The second kappa shape index (κ2) is 5.99. The molecule has 1 heterocycles. The number of hydrogen-bond donors (Lipinski definition) is 2. The largest absolute Gasteiger partial charge is 0.389 e. The Bertz CT molecular complexity index is 325. The van der Waals surface area contributed by atoms with Gasteiger partial charge in [-0.05, 0) is 22.0 Å². The molecule has 84 valence electrons. The molecule has 0 aliphatic carbocycles. The van der Waals surface area contributed by atoms with Gasteiger partial charge in [0, 0.05) is 24.3 Å². The number of methoxy groups -OCH3 is 1. The molecule has 0 saturated heterocycles. The lowest BCUT2D eigenvalue weighted by molar-refractivity contribution is 0.0726. The van der Waals surface area contributed by atoms with Crippen molar-refractivity contribution in [2.45, 2.75) is 6.10 Å². The van der Waals surface area contributed by atoms with Gasteiger partial charge in [0.1, 0.15) is 0 Å². The molecule has 1 unspecified atom stereocenters. The van der Waals surface area contributed by atoms with Crippen molar-refractivity contribution in [2.75, 3.05) is 25.6 Å². The predicted octanol–water partition coefficient (Wildman–Crippen LogP) is 1.40. The Kier molecular flexibility index (Phi) is 4.93. The molecule has 1 aromatic heterocycles. The van der Waals surface area contributed by atoms with E-state index in [0.717, 1.165) is 0 Å². The van der Waals surface area contributed by atoms with Crippen LogP contribution in [0.5, 0.6) is 0 Å². The zero-order valence-corrected chi connectivity index (χ0v) is 9.79. The molecule has 0 amide bonds. The number of nitrogens with one attached hydrogen (secondary N) is 1. The van der Waals surface area contributed by atoms with Gasteiger partial charge in [0.2, 0.25) is 0 Å². The number of aromatic nitrogens is 1. The molecular formula is C9H12BrFN2O2. The van der Waals surface area contributed by atoms with Gasteiger partial charge in [-0.1, -0.05) is 0 Å². The normalized spacial score (nSPS) is 12.5. The molecule has 2 N–H and O–H groups in total. The zero-order valence-electron chi connectivity index (χ0n) is 8.20. The van der Waals surface area contributed by atoms with E-state index < -0.39 is 11.9 Å². The third-order valence-corrected chi connectivity index (χ3v) is 2.11. The van der Waals surface area contributed by atoms with E-state index in [1.54, 1.807) is 0 Å². The predicted molar refractivity (Wildman–Crippen MR) is 58.3 cm³/mol. The summed E-state index contributed by atoms with van der Waals surface area (Å²) in [6.07, 6.45) is 0.800. The van der Waals surface area contributed by atoms with Crippen molar-refractivity contribution < 1.29 is 14.2 Å². The van der Waals surface area contributed by atoms with Crippen LogP contribution in [0, 0.1) is 5.82 Å². The van der Waals surface area contributed by atoms with Crippen LogP contribution in [0.25, 0.3) is 0 Å². The zero-order chi connectivity index (χ0) is 11.3. The first-order chi connectivity index (χ1) is 7.13. The third kappa shape index (κ3) is 4.11. The highest BCUT2D eigenvalue weighted by Crippen LogP contribution is 2.15. The number of halogens is 2. The van der Waals surface area contributed by atoms with E-state index in [0.29, 0.717) is 4.47 Å². The smallest absolute Gasteiger partial charge is 0.166 e. The van der Waals surface area contributed by atoms with Gasteiger partial charge >= 0.3 is 0 Å². The summed E-state index contributed by atoms with van der Waals surface area (Å²) < 4.78 is 18.5. The summed E-state index contributed by atoms with van der Waals surface area (Å²) in [5.74, 6) is -0.345. The maximum atomic E-state index is 13.2. The summed E-state index contributed by atoms with van der Waals surface area (Å²) in [5, 5.41) is 12.0. The second-order valence-corrected chi connectivity index (χ2v) is 3.89. The van der Waals surface area contributed by atoms with E-state index in [1.165, 1.54) is 19.4 Å². The number of nitrogens with zero attached hydrogens (tertiary/aromatic N) is 1. The molecule has 0 aliphatic rings. The van der Waals surface area contributed by atoms with Crippen LogP contribution < -0.4 is 5.32 Å². The van der Waals surface area contributed by atoms with E-state index in [4.69, 9.17) is 4.74 Å². The topological polar surface area (TPSA) is 54.4 Å². The second-order valence-electron chi connectivity index (χ2n) is 2.97. The molecule has 1 aromatic rings. The van der Waals surface area contributed by atoms with Gasteiger partial charge in [0.25, 0.3) is 0 Å². The maximum absolute atomic E-state index is 13.2. The van der Waals surface area contributed by atoms with Gasteiger partial charge in [-0.15, -0.1) is 0 Å². The third-order valence-electron chi connectivity index (χ3n) is 1.67. The van der Waals surface area contributed by atoms with Crippen molar-refractivity contribution in [2.24, 2.45) is 0 Å². The van der Waals surface area contributed by atoms with Gasteiger partial charge < -0.3 is 15.2 Å². The van der Waals surface area contributed by atoms with Gasteiger partial charge in [0.15, 0.2) is 11.6 Å². The van der Waals surface area contributed by atoms with E-state index in [-0.39, 0.29) is 19.0 Å². The molecule has 0 bridgehead atoms. The van der Waals surface area contributed by atoms with Crippen molar-refractivity contribution in [1.29, 1.82) is 0 Å². The molecular weight excluding hydrogens is 267 g/mol. The molecule has 1 rings (SSSR count). The van der Waals surface area contributed by atoms with Crippen molar-refractivity contribution >= 4 is 21.7 Å². The average Bonchev–Trinajstić information content (AvgIpc) is 2.17. The number of ether oxygens (including phenoxy) is 1. The Morgan fingerprint density at radius 1 is 1.73 bits per heavy atom. The van der Waals surface area contributed by atoms with Crippen molar-refractivity contribution in [3.8, 4) is 0 Å². The minimum absolute atomic E-state index is 0.119. The van der Waals surface area contributed by atoms with Gasteiger partial charge in [-0.2, -0.15) is 0 Å². The van der Waals surface area contributed by atoms with Crippen LogP contribution in [0.1, 0.15) is 0 Å². The molecule has 15 heavy (non-hydrogen) atoms. The SMILES string of the molecule is COCC(O)CNc1ncc(Br)cc1F. The summed E-state index contributed by atoms with van der Waals surface area (Å²) in [4.78, 5) is 3.82. The molecule has 4 nitrogen and oxygen atoms in total. The fourth-order valence-electron chi connectivity index (χ4n) is 1.01. The summed E-state index contributed by atoms with van der Waals surface area (Å²) in [6, 6.07) is 1.30. The Hall–Kier alpha value is -0.720. The quantitative estimate of drug-likeness (QED) is 0.855. The van der Waals surface area contributed by atoms with Gasteiger partial charge in [0.05, 0.1) is 12.7 Å². The Balaban J connectivity index is 2.50. The number of pyridine rings is 1. The van der Waals surface area contributed by atoms with Crippen LogP contribution in [-0.4, -0.2) is 36.5 Å². The molecule has 6 heteroatoms. The van der Waals surface area contributed by atoms with Crippen LogP contribution in [0.4, 0.5) is 10.2 Å². The maximum Gasteiger partial charge on any atom is 0.166 e. The monoisotopic (exact) mass is 278 g/mol. The number of anilines is 1. The number of aliphatic hydroxyl groups is 1. The summed E-state index contributed by atoms with van der Waals surface area (Å²) >= 11 is 3.10. The molecule has 0 aromatic carbocycles. The number of rotatable bonds is 5. The first kappa shape index (κ1) is 12.4. The average molecular weight is 279 g/mol. The highest BCUT2D eigenvalue weighted by atomic mass is 79.9. The van der Waals surface area contributed by atoms with Crippen LogP contribution in [0.15, 0.2) is 16.7 Å². The van der Waals surface area contributed by atoms with Crippen LogP contribution in [-0.2, 0) is 4.74 Å².